The molecule has 0 amide bonds. The number of hydrogen-bond donors (Lipinski definition) is 2. The molecule has 0 saturated carbocycles. The van der Waals surface area contributed by atoms with Crippen molar-refractivity contribution in [3.8, 4) is 0 Å². The number of rotatable bonds is 12. The highest BCUT2D eigenvalue weighted by atomic mass is 16.5. The molecule has 0 spiro atoms. The van der Waals surface area contributed by atoms with Gasteiger partial charge in [-0.2, -0.15) is 0 Å². The van der Waals surface area contributed by atoms with Gasteiger partial charge in [-0.25, -0.2) is 0 Å². The second-order valence-electron chi connectivity index (χ2n) is 7.47. The number of nitrogens with one attached hydrogen (secondary N) is 2. The van der Waals surface area contributed by atoms with Crippen LogP contribution in [0.1, 0.15) is 33.0 Å². The molecule has 1 saturated heterocycles. The molecule has 0 bridgehead atoms. The van der Waals surface area contributed by atoms with Crippen molar-refractivity contribution in [3.63, 3.8) is 0 Å². The number of nitrogens with zero attached hydrogens (tertiary/aromatic N) is 3. The molecule has 2 heterocycles. The van der Waals surface area contributed by atoms with E-state index in [2.05, 4.69) is 41.2 Å². The summed E-state index contributed by atoms with van der Waals surface area (Å²) < 4.78 is 10.9. The molecule has 7 heteroatoms. The van der Waals surface area contributed by atoms with Crippen molar-refractivity contribution in [3.05, 3.63) is 24.2 Å². The van der Waals surface area contributed by atoms with Crippen LogP contribution in [0, 0.1) is 5.92 Å². The summed E-state index contributed by atoms with van der Waals surface area (Å²) in [5.74, 6) is 2.32. The van der Waals surface area contributed by atoms with Crippen LogP contribution >= 0.6 is 0 Å². The molecule has 0 aromatic carbocycles. The van der Waals surface area contributed by atoms with Crippen molar-refractivity contribution >= 4 is 5.96 Å². The molecular weight excluding hydrogens is 354 g/mol. The van der Waals surface area contributed by atoms with Crippen LogP contribution in [0.15, 0.2) is 27.8 Å². The number of ether oxygens (including phenoxy) is 1. The monoisotopic (exact) mass is 393 g/mol. The SMILES string of the molecule is CCNC(=NCC(C)CN1CCN(CC)CC1)NCCCOCc1ccco1. The third-order valence-corrected chi connectivity index (χ3v) is 4.97. The van der Waals surface area contributed by atoms with Crippen molar-refractivity contribution in [2.24, 2.45) is 10.9 Å². The lowest BCUT2D eigenvalue weighted by Gasteiger charge is -2.35. The largest absolute Gasteiger partial charge is 0.467 e. The minimum absolute atomic E-state index is 0.533. The molecular formula is C21H39N5O2. The fourth-order valence-electron chi connectivity index (χ4n) is 3.32. The van der Waals surface area contributed by atoms with Crippen molar-refractivity contribution in [2.45, 2.75) is 33.8 Å². The number of hydrogen-bond acceptors (Lipinski definition) is 5. The van der Waals surface area contributed by atoms with E-state index in [4.69, 9.17) is 14.1 Å². The van der Waals surface area contributed by atoms with Crippen LogP contribution in [0.25, 0.3) is 0 Å². The summed E-state index contributed by atoms with van der Waals surface area (Å²) in [5, 5.41) is 6.73. The number of furan rings is 1. The Kier molecular flexibility index (Phi) is 11.0. The standard InChI is InChI=1S/C21H39N5O2/c1-4-22-21(23-9-7-14-27-18-20-8-6-15-28-20)24-16-19(3)17-26-12-10-25(5-2)11-13-26/h6,8,15,19H,4-5,7,9-14,16-18H2,1-3H3,(H2,22,23,24). The van der Waals surface area contributed by atoms with Gasteiger partial charge in [0.05, 0.1) is 6.26 Å². The molecule has 1 unspecified atom stereocenters. The lowest BCUT2D eigenvalue weighted by atomic mass is 10.1. The van der Waals surface area contributed by atoms with Crippen LogP contribution in [0.5, 0.6) is 0 Å². The van der Waals surface area contributed by atoms with Gasteiger partial charge in [-0.05, 0) is 37.9 Å². The summed E-state index contributed by atoms with van der Waals surface area (Å²) in [6, 6.07) is 3.81. The summed E-state index contributed by atoms with van der Waals surface area (Å²) in [4.78, 5) is 9.86. The van der Waals surface area contributed by atoms with Crippen molar-refractivity contribution in [1.82, 2.24) is 20.4 Å². The number of guanidine groups is 1. The summed E-state index contributed by atoms with van der Waals surface area (Å²) in [6.07, 6.45) is 2.61. The van der Waals surface area contributed by atoms with Crippen LogP contribution < -0.4 is 10.6 Å². The van der Waals surface area contributed by atoms with Gasteiger partial charge in [0.2, 0.25) is 0 Å². The van der Waals surface area contributed by atoms with Crippen molar-refractivity contribution in [1.29, 1.82) is 0 Å². The van der Waals surface area contributed by atoms with E-state index in [1.165, 1.54) is 32.7 Å². The highest BCUT2D eigenvalue weighted by Crippen LogP contribution is 2.06. The zero-order valence-corrected chi connectivity index (χ0v) is 18.0. The fraction of sp³-hybridized carbons (Fsp3) is 0.762. The second kappa shape index (κ2) is 13.6. The van der Waals surface area contributed by atoms with Gasteiger partial charge in [0.25, 0.3) is 0 Å². The molecule has 2 rings (SSSR count). The van der Waals surface area contributed by atoms with E-state index < -0.39 is 0 Å². The van der Waals surface area contributed by atoms with E-state index >= 15 is 0 Å². The third-order valence-electron chi connectivity index (χ3n) is 4.97. The number of aliphatic imine (C=N–C) groups is 1. The van der Waals surface area contributed by atoms with Gasteiger partial charge in [0.1, 0.15) is 12.4 Å². The van der Waals surface area contributed by atoms with Crippen LogP contribution in [0.4, 0.5) is 0 Å². The Morgan fingerprint density at radius 3 is 2.68 bits per heavy atom. The molecule has 2 N–H and O–H groups in total. The fourth-order valence-corrected chi connectivity index (χ4v) is 3.32. The first-order chi connectivity index (χ1) is 13.7. The molecule has 1 aliphatic heterocycles. The quantitative estimate of drug-likeness (QED) is 0.322. The number of likely N-dealkylation sites (N-methyl/N-ethyl adjacent to an activating group) is 1. The Hall–Kier alpha value is -1.57. The van der Waals surface area contributed by atoms with Gasteiger partial charge >= 0.3 is 0 Å². The van der Waals surface area contributed by atoms with E-state index in [9.17, 15) is 0 Å². The smallest absolute Gasteiger partial charge is 0.191 e. The Balaban J connectivity index is 1.59. The lowest BCUT2D eigenvalue weighted by Crippen LogP contribution is -2.47. The maximum absolute atomic E-state index is 5.62. The first kappa shape index (κ1) is 22.7. The van der Waals surface area contributed by atoms with Gasteiger partial charge in [0, 0.05) is 59.0 Å². The van der Waals surface area contributed by atoms with Crippen LogP contribution in [-0.2, 0) is 11.3 Å². The first-order valence-electron chi connectivity index (χ1n) is 10.8. The normalized spacial score (nSPS) is 17.6. The average molecular weight is 394 g/mol. The van der Waals surface area contributed by atoms with E-state index in [-0.39, 0.29) is 0 Å². The molecule has 7 nitrogen and oxygen atoms in total. The topological polar surface area (TPSA) is 65.3 Å². The van der Waals surface area contributed by atoms with Crippen LogP contribution in [0.3, 0.4) is 0 Å². The third kappa shape index (κ3) is 9.08. The van der Waals surface area contributed by atoms with E-state index in [0.29, 0.717) is 19.1 Å². The van der Waals surface area contributed by atoms with E-state index in [1.807, 2.05) is 12.1 Å². The lowest BCUT2D eigenvalue weighted by molar-refractivity contribution is 0.105. The summed E-state index contributed by atoms with van der Waals surface area (Å²) >= 11 is 0. The molecule has 28 heavy (non-hydrogen) atoms. The van der Waals surface area contributed by atoms with Crippen LogP contribution in [-0.4, -0.2) is 81.3 Å². The highest BCUT2D eigenvalue weighted by molar-refractivity contribution is 5.79. The van der Waals surface area contributed by atoms with Gasteiger partial charge < -0.3 is 29.6 Å². The Labute approximate surface area is 170 Å². The molecule has 1 aromatic heterocycles. The van der Waals surface area contributed by atoms with Gasteiger partial charge in [-0.1, -0.05) is 13.8 Å². The highest BCUT2D eigenvalue weighted by Gasteiger charge is 2.17. The maximum atomic E-state index is 5.62. The predicted octanol–water partition coefficient (Wildman–Crippen LogP) is 2.02. The summed E-state index contributed by atoms with van der Waals surface area (Å²) in [6.45, 7) is 17.5. The Morgan fingerprint density at radius 2 is 2.00 bits per heavy atom. The minimum atomic E-state index is 0.533. The van der Waals surface area contributed by atoms with Gasteiger partial charge in [-0.15, -0.1) is 0 Å². The van der Waals surface area contributed by atoms with Crippen LogP contribution in [0.2, 0.25) is 0 Å². The van der Waals surface area contributed by atoms with Crippen molar-refractivity contribution < 1.29 is 9.15 Å². The maximum Gasteiger partial charge on any atom is 0.191 e. The summed E-state index contributed by atoms with van der Waals surface area (Å²) in [5.41, 5.74) is 0. The molecule has 160 valence electrons. The molecule has 0 aliphatic carbocycles. The zero-order valence-electron chi connectivity index (χ0n) is 18.0. The van der Waals surface area contributed by atoms with Gasteiger partial charge in [0.15, 0.2) is 5.96 Å². The second-order valence-corrected chi connectivity index (χ2v) is 7.47. The van der Waals surface area contributed by atoms with E-state index in [1.54, 1.807) is 6.26 Å². The molecule has 1 fully saturated rings. The molecule has 0 radical (unpaired) electrons. The Bertz CT molecular complexity index is 527. The predicted molar refractivity (Wildman–Crippen MR) is 115 cm³/mol. The molecule has 1 atom stereocenters. The average Bonchev–Trinajstić information content (AvgIpc) is 3.22. The molecule has 1 aliphatic rings. The molecule has 1 aromatic rings. The zero-order chi connectivity index (χ0) is 20.0. The van der Waals surface area contributed by atoms with Crippen molar-refractivity contribution in [2.75, 3.05) is 65.5 Å². The Morgan fingerprint density at radius 1 is 1.21 bits per heavy atom. The first-order valence-corrected chi connectivity index (χ1v) is 10.8. The number of piperazine rings is 1. The van der Waals surface area contributed by atoms with Gasteiger partial charge in [-0.3, -0.25) is 4.99 Å². The minimum Gasteiger partial charge on any atom is -0.467 e. The summed E-state index contributed by atoms with van der Waals surface area (Å²) in [7, 11) is 0. The van der Waals surface area contributed by atoms with E-state index in [0.717, 1.165) is 44.3 Å².